The van der Waals surface area contributed by atoms with Gasteiger partial charge < -0.3 is 4.74 Å². The van der Waals surface area contributed by atoms with Crippen LogP contribution in [0.1, 0.15) is 34.7 Å². The van der Waals surface area contributed by atoms with Crippen molar-refractivity contribution >= 4 is 27.2 Å². The van der Waals surface area contributed by atoms with E-state index in [9.17, 15) is 0 Å². The summed E-state index contributed by atoms with van der Waals surface area (Å²) in [6.07, 6.45) is 6.58. The summed E-state index contributed by atoms with van der Waals surface area (Å²) in [5, 5.41) is 5.74. The highest BCUT2D eigenvalue weighted by Crippen LogP contribution is 2.36. The number of hydrogen-bond acceptors (Lipinski definition) is 5. The Morgan fingerprint density at radius 1 is 1.16 bits per heavy atom. The van der Waals surface area contributed by atoms with Gasteiger partial charge in [-0.05, 0) is 50.3 Å². The van der Waals surface area contributed by atoms with Gasteiger partial charge in [-0.3, -0.25) is 0 Å². The molecule has 25 heavy (non-hydrogen) atoms. The molecule has 0 saturated carbocycles. The SMILES string of the molecule is Cc1ccc(OCc2nc3c4c5c(sc4ncn3n2)CCCC5)cc1. The van der Waals surface area contributed by atoms with Crippen LogP contribution in [0.2, 0.25) is 0 Å². The van der Waals surface area contributed by atoms with E-state index >= 15 is 0 Å². The Kier molecular flexibility index (Phi) is 3.45. The second kappa shape index (κ2) is 5.81. The average Bonchev–Trinajstić information content (AvgIpc) is 3.21. The Hall–Kier alpha value is -2.47. The van der Waals surface area contributed by atoms with Gasteiger partial charge in [0.1, 0.15) is 23.5 Å². The molecule has 1 aromatic carbocycles. The summed E-state index contributed by atoms with van der Waals surface area (Å²) in [6, 6.07) is 8.02. The number of benzene rings is 1. The van der Waals surface area contributed by atoms with Crippen molar-refractivity contribution in [3.05, 3.63) is 52.4 Å². The van der Waals surface area contributed by atoms with Gasteiger partial charge in [-0.2, -0.15) is 0 Å². The van der Waals surface area contributed by atoms with Gasteiger partial charge in [0.2, 0.25) is 0 Å². The van der Waals surface area contributed by atoms with Crippen LogP contribution in [0, 0.1) is 6.92 Å². The number of aromatic nitrogens is 4. The van der Waals surface area contributed by atoms with E-state index in [0.717, 1.165) is 22.6 Å². The third-order valence-corrected chi connectivity index (χ3v) is 5.92. The molecule has 3 heterocycles. The van der Waals surface area contributed by atoms with Crippen molar-refractivity contribution in [1.29, 1.82) is 0 Å². The van der Waals surface area contributed by atoms with E-state index in [1.54, 1.807) is 10.8 Å². The zero-order valence-corrected chi connectivity index (χ0v) is 14.8. The molecule has 0 N–H and O–H groups in total. The van der Waals surface area contributed by atoms with E-state index in [4.69, 9.17) is 9.72 Å². The average molecular weight is 350 g/mol. The molecule has 0 spiro atoms. The zero-order valence-electron chi connectivity index (χ0n) is 14.0. The van der Waals surface area contributed by atoms with Crippen LogP contribution in [0.25, 0.3) is 15.9 Å². The van der Waals surface area contributed by atoms with E-state index in [-0.39, 0.29) is 0 Å². The Morgan fingerprint density at radius 3 is 2.88 bits per heavy atom. The van der Waals surface area contributed by atoms with Crippen LogP contribution in [0.4, 0.5) is 0 Å². The first-order valence-electron chi connectivity index (χ1n) is 8.62. The van der Waals surface area contributed by atoms with E-state index in [0.29, 0.717) is 12.4 Å². The molecule has 0 unspecified atom stereocenters. The third-order valence-electron chi connectivity index (χ3n) is 4.72. The van der Waals surface area contributed by atoms with Crippen LogP contribution in [-0.2, 0) is 19.4 Å². The molecular weight excluding hydrogens is 332 g/mol. The monoisotopic (exact) mass is 350 g/mol. The van der Waals surface area contributed by atoms with Gasteiger partial charge in [0.25, 0.3) is 0 Å². The molecule has 0 bridgehead atoms. The maximum absolute atomic E-state index is 5.83. The lowest BCUT2D eigenvalue weighted by Crippen LogP contribution is -1.99. The van der Waals surface area contributed by atoms with Crippen molar-refractivity contribution in [2.45, 2.75) is 39.2 Å². The lowest BCUT2D eigenvalue weighted by molar-refractivity contribution is 0.296. The first-order valence-corrected chi connectivity index (χ1v) is 9.43. The zero-order chi connectivity index (χ0) is 16.8. The molecule has 126 valence electrons. The highest BCUT2D eigenvalue weighted by Gasteiger charge is 2.20. The highest BCUT2D eigenvalue weighted by atomic mass is 32.1. The normalized spacial score (nSPS) is 14.1. The van der Waals surface area contributed by atoms with Crippen LogP contribution in [0.3, 0.4) is 0 Å². The number of nitrogens with zero attached hydrogens (tertiary/aromatic N) is 4. The number of fused-ring (bicyclic) bond motifs is 5. The van der Waals surface area contributed by atoms with Gasteiger partial charge in [-0.1, -0.05) is 17.7 Å². The summed E-state index contributed by atoms with van der Waals surface area (Å²) >= 11 is 1.81. The number of hydrogen-bond donors (Lipinski definition) is 0. The molecule has 0 fully saturated rings. The third kappa shape index (κ3) is 2.57. The Morgan fingerprint density at radius 2 is 2.00 bits per heavy atom. The standard InChI is InChI=1S/C19H18N4OS/c1-12-6-8-13(9-7-12)24-10-16-21-18-17-14-4-2-3-5-15(14)25-19(17)20-11-23(18)22-16/h6-9,11H,2-5,10H2,1H3. The lowest BCUT2D eigenvalue weighted by atomic mass is 9.97. The molecule has 3 aromatic heterocycles. The fourth-order valence-electron chi connectivity index (χ4n) is 3.44. The quantitative estimate of drug-likeness (QED) is 0.558. The predicted octanol–water partition coefficient (Wildman–Crippen LogP) is 4.11. The van der Waals surface area contributed by atoms with Crippen molar-refractivity contribution in [1.82, 2.24) is 19.6 Å². The van der Waals surface area contributed by atoms with Crippen molar-refractivity contribution in [2.24, 2.45) is 0 Å². The van der Waals surface area contributed by atoms with Gasteiger partial charge in [0, 0.05) is 4.88 Å². The largest absolute Gasteiger partial charge is 0.486 e. The summed E-state index contributed by atoms with van der Waals surface area (Å²) in [4.78, 5) is 11.9. The van der Waals surface area contributed by atoms with Crippen LogP contribution in [0.5, 0.6) is 5.75 Å². The molecular formula is C19H18N4OS. The van der Waals surface area contributed by atoms with Crippen LogP contribution in [-0.4, -0.2) is 19.6 Å². The van der Waals surface area contributed by atoms with Gasteiger partial charge in [0.15, 0.2) is 11.5 Å². The topological polar surface area (TPSA) is 52.3 Å². The minimum atomic E-state index is 0.360. The number of rotatable bonds is 3. The Balaban J connectivity index is 1.51. The minimum absolute atomic E-state index is 0.360. The van der Waals surface area contributed by atoms with E-state index in [1.807, 2.05) is 35.6 Å². The molecule has 4 aromatic rings. The molecule has 0 aliphatic heterocycles. The number of aryl methyl sites for hydroxylation is 3. The summed E-state index contributed by atoms with van der Waals surface area (Å²) in [6.45, 7) is 2.42. The molecule has 5 rings (SSSR count). The summed E-state index contributed by atoms with van der Waals surface area (Å²) in [5.41, 5.74) is 3.56. The molecule has 0 amide bonds. The van der Waals surface area contributed by atoms with Crippen LogP contribution < -0.4 is 4.74 Å². The smallest absolute Gasteiger partial charge is 0.189 e. The van der Waals surface area contributed by atoms with E-state index < -0.39 is 0 Å². The van der Waals surface area contributed by atoms with Crippen molar-refractivity contribution < 1.29 is 4.74 Å². The molecule has 1 aliphatic rings. The molecule has 1 aliphatic carbocycles. The second-order valence-corrected chi connectivity index (χ2v) is 7.62. The summed E-state index contributed by atoms with van der Waals surface area (Å²) in [7, 11) is 0. The minimum Gasteiger partial charge on any atom is -0.486 e. The molecule has 5 nitrogen and oxygen atoms in total. The molecule has 6 heteroatoms. The Labute approximate surface area is 149 Å². The van der Waals surface area contributed by atoms with Crippen molar-refractivity contribution in [3.8, 4) is 5.75 Å². The highest BCUT2D eigenvalue weighted by molar-refractivity contribution is 7.19. The number of thiophene rings is 1. The lowest BCUT2D eigenvalue weighted by Gasteiger charge is -2.09. The molecule has 0 radical (unpaired) electrons. The first-order chi connectivity index (χ1) is 12.3. The number of ether oxygens (including phenoxy) is 1. The molecule has 0 saturated heterocycles. The van der Waals surface area contributed by atoms with E-state index in [1.165, 1.54) is 40.7 Å². The first kappa shape index (κ1) is 14.8. The van der Waals surface area contributed by atoms with Crippen molar-refractivity contribution in [2.75, 3.05) is 0 Å². The van der Waals surface area contributed by atoms with Crippen LogP contribution in [0.15, 0.2) is 30.6 Å². The molecule has 0 atom stereocenters. The predicted molar refractivity (Wildman–Crippen MR) is 98.3 cm³/mol. The van der Waals surface area contributed by atoms with Crippen molar-refractivity contribution in [3.63, 3.8) is 0 Å². The maximum Gasteiger partial charge on any atom is 0.189 e. The van der Waals surface area contributed by atoms with Gasteiger partial charge in [-0.25, -0.2) is 14.5 Å². The maximum atomic E-state index is 5.83. The van der Waals surface area contributed by atoms with Gasteiger partial charge in [0.05, 0.1) is 5.39 Å². The van der Waals surface area contributed by atoms with E-state index in [2.05, 4.69) is 17.0 Å². The fourth-order valence-corrected chi connectivity index (χ4v) is 4.67. The van der Waals surface area contributed by atoms with Crippen LogP contribution >= 0.6 is 11.3 Å². The fraction of sp³-hybridized carbons (Fsp3) is 0.316. The van der Waals surface area contributed by atoms with Gasteiger partial charge >= 0.3 is 0 Å². The Bertz CT molecular complexity index is 1060. The van der Waals surface area contributed by atoms with Gasteiger partial charge in [-0.15, -0.1) is 16.4 Å². The second-order valence-electron chi connectivity index (χ2n) is 6.53. The summed E-state index contributed by atoms with van der Waals surface area (Å²) in [5.74, 6) is 1.52. The summed E-state index contributed by atoms with van der Waals surface area (Å²) < 4.78 is 7.62.